The standard InChI is InChI=1S/C14H20N2O4/c1-10(2)9-20-14(18)15-8-13(17)16-11-6-4-5-7-12(11)19-3/h4-7,10H,8-9H2,1-3H3,(H,15,18)(H,16,17). The van der Waals surface area contributed by atoms with Crippen molar-refractivity contribution in [2.75, 3.05) is 25.6 Å². The molecule has 6 heteroatoms. The molecule has 110 valence electrons. The highest BCUT2D eigenvalue weighted by Crippen LogP contribution is 2.22. The van der Waals surface area contributed by atoms with Gasteiger partial charge in [-0.3, -0.25) is 4.79 Å². The van der Waals surface area contributed by atoms with E-state index in [2.05, 4.69) is 10.6 Å². The number of amides is 2. The van der Waals surface area contributed by atoms with Crippen LogP contribution in [0.1, 0.15) is 13.8 Å². The van der Waals surface area contributed by atoms with Gasteiger partial charge in [-0.15, -0.1) is 0 Å². The molecule has 6 nitrogen and oxygen atoms in total. The maximum absolute atomic E-state index is 11.7. The van der Waals surface area contributed by atoms with Gasteiger partial charge in [-0.1, -0.05) is 26.0 Å². The molecule has 1 rings (SSSR count). The van der Waals surface area contributed by atoms with E-state index in [0.29, 0.717) is 18.0 Å². The van der Waals surface area contributed by atoms with Crippen LogP contribution in [0, 0.1) is 5.92 Å². The molecular weight excluding hydrogens is 260 g/mol. The fourth-order valence-electron chi connectivity index (χ4n) is 1.39. The number of methoxy groups -OCH3 is 1. The van der Waals surface area contributed by atoms with Crippen LogP contribution >= 0.6 is 0 Å². The Hall–Kier alpha value is -2.24. The van der Waals surface area contributed by atoms with Crippen molar-refractivity contribution >= 4 is 17.7 Å². The molecule has 0 saturated carbocycles. The molecule has 0 radical (unpaired) electrons. The van der Waals surface area contributed by atoms with E-state index in [4.69, 9.17) is 9.47 Å². The first-order chi connectivity index (χ1) is 9.52. The van der Waals surface area contributed by atoms with Crippen LogP contribution < -0.4 is 15.4 Å². The lowest BCUT2D eigenvalue weighted by Crippen LogP contribution is -2.33. The Labute approximate surface area is 118 Å². The maximum Gasteiger partial charge on any atom is 0.407 e. The number of benzene rings is 1. The van der Waals surface area contributed by atoms with Crippen molar-refractivity contribution in [2.24, 2.45) is 5.92 Å². The average molecular weight is 280 g/mol. The first kappa shape index (κ1) is 15.8. The van der Waals surface area contributed by atoms with E-state index < -0.39 is 6.09 Å². The molecular formula is C14H20N2O4. The lowest BCUT2D eigenvalue weighted by Gasteiger charge is -2.11. The van der Waals surface area contributed by atoms with Gasteiger partial charge >= 0.3 is 6.09 Å². The smallest absolute Gasteiger partial charge is 0.407 e. The zero-order chi connectivity index (χ0) is 15.0. The molecule has 0 spiro atoms. The Balaban J connectivity index is 2.38. The molecule has 0 aliphatic rings. The Morgan fingerprint density at radius 2 is 1.95 bits per heavy atom. The Kier molecular flexibility index (Phi) is 6.36. The van der Waals surface area contributed by atoms with Crippen LogP contribution in [0.3, 0.4) is 0 Å². The molecule has 0 aliphatic heterocycles. The first-order valence-corrected chi connectivity index (χ1v) is 6.36. The van der Waals surface area contributed by atoms with Crippen molar-refractivity contribution in [3.8, 4) is 5.75 Å². The summed E-state index contributed by atoms with van der Waals surface area (Å²) in [5.41, 5.74) is 0.553. The zero-order valence-corrected chi connectivity index (χ0v) is 11.9. The summed E-state index contributed by atoms with van der Waals surface area (Å²) in [6.45, 7) is 4.03. The topological polar surface area (TPSA) is 76.7 Å². The fraction of sp³-hybridized carbons (Fsp3) is 0.429. The molecule has 2 N–H and O–H groups in total. The van der Waals surface area contributed by atoms with Crippen LogP contribution in [0.25, 0.3) is 0 Å². The van der Waals surface area contributed by atoms with E-state index in [1.165, 1.54) is 7.11 Å². The van der Waals surface area contributed by atoms with Gasteiger partial charge in [0.1, 0.15) is 12.3 Å². The molecule has 0 aliphatic carbocycles. The van der Waals surface area contributed by atoms with Crippen molar-refractivity contribution in [2.45, 2.75) is 13.8 Å². The van der Waals surface area contributed by atoms with Crippen molar-refractivity contribution in [1.29, 1.82) is 0 Å². The summed E-state index contributed by atoms with van der Waals surface area (Å²) in [4.78, 5) is 23.0. The number of rotatable bonds is 6. The number of nitrogens with one attached hydrogen (secondary N) is 2. The van der Waals surface area contributed by atoms with Gasteiger partial charge in [0.25, 0.3) is 0 Å². The summed E-state index contributed by atoms with van der Waals surface area (Å²) < 4.78 is 10.0. The number of alkyl carbamates (subject to hydrolysis) is 1. The van der Waals surface area contributed by atoms with Crippen molar-refractivity contribution in [3.63, 3.8) is 0 Å². The van der Waals surface area contributed by atoms with Gasteiger partial charge in [0.05, 0.1) is 19.4 Å². The first-order valence-electron chi connectivity index (χ1n) is 6.36. The number of carbonyl (C=O) groups is 2. The Morgan fingerprint density at radius 3 is 2.60 bits per heavy atom. The zero-order valence-electron chi connectivity index (χ0n) is 11.9. The second-order valence-corrected chi connectivity index (χ2v) is 4.59. The minimum absolute atomic E-state index is 0.158. The van der Waals surface area contributed by atoms with Gasteiger partial charge in [-0.25, -0.2) is 4.79 Å². The average Bonchev–Trinajstić information content (AvgIpc) is 2.43. The highest BCUT2D eigenvalue weighted by atomic mass is 16.5. The number of hydrogen-bond donors (Lipinski definition) is 2. The largest absolute Gasteiger partial charge is 0.495 e. The van der Waals surface area contributed by atoms with E-state index in [9.17, 15) is 9.59 Å². The summed E-state index contributed by atoms with van der Waals surface area (Å²) in [6, 6.07) is 7.03. The lowest BCUT2D eigenvalue weighted by atomic mass is 10.2. The number of ether oxygens (including phenoxy) is 2. The number of para-hydroxylation sites is 2. The van der Waals surface area contributed by atoms with Crippen LogP contribution in [-0.4, -0.2) is 32.3 Å². The van der Waals surface area contributed by atoms with Gasteiger partial charge in [-0.2, -0.15) is 0 Å². The molecule has 0 heterocycles. The Morgan fingerprint density at radius 1 is 1.25 bits per heavy atom. The molecule has 1 aromatic rings. The van der Waals surface area contributed by atoms with E-state index in [-0.39, 0.29) is 18.4 Å². The van der Waals surface area contributed by atoms with Gasteiger partial charge in [0.15, 0.2) is 0 Å². The SMILES string of the molecule is COc1ccccc1NC(=O)CNC(=O)OCC(C)C. The maximum atomic E-state index is 11.7. The van der Waals surface area contributed by atoms with Gasteiger partial charge < -0.3 is 20.1 Å². The highest BCUT2D eigenvalue weighted by Gasteiger charge is 2.09. The van der Waals surface area contributed by atoms with Crippen molar-refractivity contribution < 1.29 is 19.1 Å². The summed E-state index contributed by atoms with van der Waals surface area (Å²) in [7, 11) is 1.52. The van der Waals surface area contributed by atoms with Crippen LogP contribution in [-0.2, 0) is 9.53 Å². The molecule has 0 atom stereocenters. The second-order valence-electron chi connectivity index (χ2n) is 4.59. The van der Waals surface area contributed by atoms with E-state index >= 15 is 0 Å². The molecule has 0 unspecified atom stereocenters. The van der Waals surface area contributed by atoms with Crippen LogP contribution in [0.5, 0.6) is 5.75 Å². The summed E-state index contributed by atoms with van der Waals surface area (Å²) in [6.07, 6.45) is -0.603. The molecule has 0 aromatic heterocycles. The highest BCUT2D eigenvalue weighted by molar-refractivity contribution is 5.95. The third kappa shape index (κ3) is 5.60. The van der Waals surface area contributed by atoms with E-state index in [1.54, 1.807) is 24.3 Å². The lowest BCUT2D eigenvalue weighted by molar-refractivity contribution is -0.115. The van der Waals surface area contributed by atoms with Crippen molar-refractivity contribution in [3.05, 3.63) is 24.3 Å². The molecule has 0 bridgehead atoms. The van der Waals surface area contributed by atoms with Crippen LogP contribution in [0.15, 0.2) is 24.3 Å². The molecule has 1 aromatic carbocycles. The molecule has 20 heavy (non-hydrogen) atoms. The van der Waals surface area contributed by atoms with Gasteiger partial charge in [0, 0.05) is 0 Å². The van der Waals surface area contributed by atoms with E-state index in [1.807, 2.05) is 13.8 Å². The quantitative estimate of drug-likeness (QED) is 0.835. The fourth-order valence-corrected chi connectivity index (χ4v) is 1.39. The van der Waals surface area contributed by atoms with Gasteiger partial charge in [-0.05, 0) is 18.1 Å². The number of hydrogen-bond acceptors (Lipinski definition) is 4. The Bertz CT molecular complexity index is 460. The van der Waals surface area contributed by atoms with Crippen molar-refractivity contribution in [1.82, 2.24) is 5.32 Å². The minimum Gasteiger partial charge on any atom is -0.495 e. The van der Waals surface area contributed by atoms with Gasteiger partial charge in [0.2, 0.25) is 5.91 Å². The minimum atomic E-state index is -0.603. The predicted molar refractivity (Wildman–Crippen MR) is 75.8 cm³/mol. The van der Waals surface area contributed by atoms with Crippen LogP contribution in [0.4, 0.5) is 10.5 Å². The normalized spacial score (nSPS) is 10.0. The third-order valence-electron chi connectivity index (χ3n) is 2.32. The summed E-state index contributed by atoms with van der Waals surface area (Å²) in [5.74, 6) is 0.461. The van der Waals surface area contributed by atoms with Crippen LogP contribution in [0.2, 0.25) is 0 Å². The van der Waals surface area contributed by atoms with E-state index in [0.717, 1.165) is 0 Å². The summed E-state index contributed by atoms with van der Waals surface area (Å²) in [5, 5.41) is 5.03. The molecule has 2 amide bonds. The monoisotopic (exact) mass is 280 g/mol. The molecule has 0 saturated heterocycles. The number of carbonyl (C=O) groups excluding carboxylic acids is 2. The second kappa shape index (κ2) is 8.04. The third-order valence-corrected chi connectivity index (χ3v) is 2.32. The predicted octanol–water partition coefficient (Wildman–Crippen LogP) is 2.02. The summed E-state index contributed by atoms with van der Waals surface area (Å²) >= 11 is 0. The molecule has 0 fully saturated rings. The number of anilines is 1.